The highest BCUT2D eigenvalue weighted by Crippen LogP contribution is 2.32. The van der Waals surface area contributed by atoms with Crippen LogP contribution in [-0.2, 0) is 28.5 Å². The van der Waals surface area contributed by atoms with Crippen LogP contribution in [0.5, 0.6) is 0 Å². The maximum absolute atomic E-state index is 11.2. The maximum atomic E-state index is 11.2. The highest BCUT2D eigenvalue weighted by Gasteiger charge is 2.46. The standard InChI is InChI=1S/C19H36O10/c1-10(20)15(22)8-25-14(5)27-11(2)16(23)9-26-17-7-19(6,24)18(12(3)28-17)29-13(4)21/h10-12,14-18,20,22-24H,7-9H2,1-6H3/t10?,11?,12?,14?,15-,16-,17+,18-,19?/m0/s1. The van der Waals surface area contributed by atoms with Crippen molar-refractivity contribution in [3.8, 4) is 0 Å². The third-order valence-electron chi connectivity index (χ3n) is 4.74. The molecule has 10 nitrogen and oxygen atoms in total. The molecule has 10 heteroatoms. The number of esters is 1. The van der Waals surface area contributed by atoms with E-state index in [0.29, 0.717) is 0 Å². The molecule has 1 saturated heterocycles. The Morgan fingerprint density at radius 2 is 1.79 bits per heavy atom. The lowest BCUT2D eigenvalue weighted by atomic mass is 9.88. The molecule has 0 amide bonds. The molecule has 1 aliphatic rings. The molecule has 172 valence electrons. The molecular weight excluding hydrogens is 388 g/mol. The van der Waals surface area contributed by atoms with E-state index < -0.39 is 60.8 Å². The fraction of sp³-hybridized carbons (Fsp3) is 0.947. The molecule has 0 aromatic heterocycles. The molecule has 0 radical (unpaired) electrons. The zero-order valence-electron chi connectivity index (χ0n) is 18.0. The van der Waals surface area contributed by atoms with E-state index in [1.807, 2.05) is 0 Å². The Balaban J connectivity index is 2.43. The van der Waals surface area contributed by atoms with Crippen LogP contribution in [-0.4, -0.2) is 94.4 Å². The lowest BCUT2D eigenvalue weighted by Crippen LogP contribution is -2.57. The summed E-state index contributed by atoms with van der Waals surface area (Å²) in [6.07, 6.45) is -6.45. The number of rotatable bonds is 11. The maximum Gasteiger partial charge on any atom is 0.303 e. The monoisotopic (exact) mass is 424 g/mol. The van der Waals surface area contributed by atoms with Crippen LogP contribution in [0.2, 0.25) is 0 Å². The molecule has 1 fully saturated rings. The topological polar surface area (TPSA) is 144 Å². The minimum atomic E-state index is -1.34. The van der Waals surface area contributed by atoms with E-state index >= 15 is 0 Å². The zero-order chi connectivity index (χ0) is 22.4. The van der Waals surface area contributed by atoms with E-state index in [2.05, 4.69) is 0 Å². The first kappa shape index (κ1) is 26.2. The average molecular weight is 424 g/mol. The fourth-order valence-electron chi connectivity index (χ4n) is 2.96. The van der Waals surface area contributed by atoms with Crippen LogP contribution in [0.4, 0.5) is 0 Å². The van der Waals surface area contributed by atoms with E-state index in [1.165, 1.54) is 13.8 Å². The molecule has 1 rings (SSSR count). The molecule has 0 bridgehead atoms. The van der Waals surface area contributed by atoms with Gasteiger partial charge < -0.3 is 44.1 Å². The first-order chi connectivity index (χ1) is 13.3. The molecule has 29 heavy (non-hydrogen) atoms. The van der Waals surface area contributed by atoms with Crippen LogP contribution in [0.25, 0.3) is 0 Å². The summed E-state index contributed by atoms with van der Waals surface area (Å²) in [6, 6.07) is 0. The number of aliphatic hydroxyl groups excluding tert-OH is 3. The number of carbonyl (C=O) groups is 1. The van der Waals surface area contributed by atoms with Gasteiger partial charge in [-0.25, -0.2) is 0 Å². The predicted octanol–water partition coefficient (Wildman–Crippen LogP) is -0.309. The lowest BCUT2D eigenvalue weighted by Gasteiger charge is -2.43. The van der Waals surface area contributed by atoms with Gasteiger partial charge >= 0.3 is 5.97 Å². The molecule has 0 aromatic rings. The molecule has 0 saturated carbocycles. The SMILES string of the molecule is CC(=O)O[C@H]1C(C)O[C@@H](OC[C@H](O)C(C)OC(C)OC[C@H](O)C(C)O)CC1(C)O. The smallest absolute Gasteiger partial charge is 0.303 e. The van der Waals surface area contributed by atoms with Gasteiger partial charge in [-0.15, -0.1) is 0 Å². The van der Waals surface area contributed by atoms with E-state index in [9.17, 15) is 25.2 Å². The summed E-state index contributed by atoms with van der Waals surface area (Å²) in [7, 11) is 0. The Kier molecular flexibility index (Phi) is 10.4. The lowest BCUT2D eigenvalue weighted by molar-refractivity contribution is -0.283. The summed E-state index contributed by atoms with van der Waals surface area (Å²) in [5.41, 5.74) is -1.34. The first-order valence-electron chi connectivity index (χ1n) is 9.81. The van der Waals surface area contributed by atoms with Crippen molar-refractivity contribution < 1.29 is 48.9 Å². The van der Waals surface area contributed by atoms with E-state index in [0.717, 1.165) is 0 Å². The van der Waals surface area contributed by atoms with Crippen LogP contribution in [0, 0.1) is 0 Å². The molecular formula is C19H36O10. The molecule has 5 unspecified atom stereocenters. The summed E-state index contributed by atoms with van der Waals surface area (Å²) in [4.78, 5) is 11.2. The van der Waals surface area contributed by atoms with Crippen molar-refractivity contribution in [1.82, 2.24) is 0 Å². The van der Waals surface area contributed by atoms with Crippen molar-refractivity contribution in [3.05, 3.63) is 0 Å². The highest BCUT2D eigenvalue weighted by atomic mass is 16.7. The molecule has 0 aromatic carbocycles. The van der Waals surface area contributed by atoms with Gasteiger partial charge in [0.05, 0.1) is 31.5 Å². The van der Waals surface area contributed by atoms with Gasteiger partial charge in [-0.2, -0.15) is 0 Å². The number of hydrogen-bond acceptors (Lipinski definition) is 10. The highest BCUT2D eigenvalue weighted by molar-refractivity contribution is 5.66. The predicted molar refractivity (Wildman–Crippen MR) is 101 cm³/mol. The Hall–Kier alpha value is -0.850. The van der Waals surface area contributed by atoms with Crippen LogP contribution >= 0.6 is 0 Å². The van der Waals surface area contributed by atoms with Crippen molar-refractivity contribution in [2.75, 3.05) is 13.2 Å². The van der Waals surface area contributed by atoms with E-state index in [4.69, 9.17) is 23.7 Å². The largest absolute Gasteiger partial charge is 0.457 e. The average Bonchev–Trinajstić information content (AvgIpc) is 2.59. The van der Waals surface area contributed by atoms with Gasteiger partial charge in [0.25, 0.3) is 0 Å². The number of hydrogen-bond donors (Lipinski definition) is 4. The Bertz CT molecular complexity index is 497. The quantitative estimate of drug-likeness (QED) is 0.257. The van der Waals surface area contributed by atoms with Gasteiger partial charge in [-0.1, -0.05) is 0 Å². The second-order valence-corrected chi connectivity index (χ2v) is 7.81. The molecule has 1 heterocycles. The van der Waals surface area contributed by atoms with Crippen molar-refractivity contribution in [3.63, 3.8) is 0 Å². The van der Waals surface area contributed by atoms with Gasteiger partial charge in [0.1, 0.15) is 17.8 Å². The minimum absolute atomic E-state index is 0.0635. The number of aliphatic hydroxyl groups is 4. The molecule has 0 aliphatic carbocycles. The summed E-state index contributed by atoms with van der Waals surface area (Å²) >= 11 is 0. The Labute approximate surface area is 171 Å². The minimum Gasteiger partial charge on any atom is -0.457 e. The zero-order valence-corrected chi connectivity index (χ0v) is 18.0. The van der Waals surface area contributed by atoms with Gasteiger partial charge in [0, 0.05) is 13.3 Å². The number of carbonyl (C=O) groups excluding carboxylic acids is 1. The fourth-order valence-corrected chi connectivity index (χ4v) is 2.96. The van der Waals surface area contributed by atoms with Crippen molar-refractivity contribution in [2.45, 2.75) is 103 Å². The summed E-state index contributed by atoms with van der Waals surface area (Å²) in [5, 5.41) is 39.6. The molecule has 1 aliphatic heterocycles. The molecule has 4 N–H and O–H groups in total. The first-order valence-corrected chi connectivity index (χ1v) is 9.81. The van der Waals surface area contributed by atoms with Gasteiger partial charge in [-0.3, -0.25) is 4.79 Å². The number of ether oxygens (including phenoxy) is 5. The van der Waals surface area contributed by atoms with Crippen LogP contribution in [0.15, 0.2) is 0 Å². The second-order valence-electron chi connectivity index (χ2n) is 7.81. The molecule has 0 spiro atoms. The Morgan fingerprint density at radius 3 is 2.31 bits per heavy atom. The summed E-state index contributed by atoms with van der Waals surface area (Å²) in [6.45, 7) is 8.94. The van der Waals surface area contributed by atoms with Gasteiger partial charge in [0.2, 0.25) is 0 Å². The van der Waals surface area contributed by atoms with Crippen LogP contribution in [0.3, 0.4) is 0 Å². The van der Waals surface area contributed by atoms with Crippen LogP contribution in [0.1, 0.15) is 48.0 Å². The van der Waals surface area contributed by atoms with E-state index in [-0.39, 0.29) is 19.6 Å². The Morgan fingerprint density at radius 1 is 1.17 bits per heavy atom. The second kappa shape index (κ2) is 11.5. The van der Waals surface area contributed by atoms with Crippen molar-refractivity contribution in [2.24, 2.45) is 0 Å². The van der Waals surface area contributed by atoms with Crippen molar-refractivity contribution >= 4 is 5.97 Å². The van der Waals surface area contributed by atoms with Crippen molar-refractivity contribution in [1.29, 1.82) is 0 Å². The van der Waals surface area contributed by atoms with Gasteiger partial charge in [-0.05, 0) is 34.6 Å². The van der Waals surface area contributed by atoms with Gasteiger partial charge in [0.15, 0.2) is 18.7 Å². The normalized spacial score (nSPS) is 32.8. The van der Waals surface area contributed by atoms with Crippen LogP contribution < -0.4 is 0 Å². The summed E-state index contributed by atoms with van der Waals surface area (Å²) in [5.74, 6) is -0.510. The summed E-state index contributed by atoms with van der Waals surface area (Å²) < 4.78 is 27.2. The van der Waals surface area contributed by atoms with E-state index in [1.54, 1.807) is 27.7 Å². The molecule has 9 atom stereocenters. The third kappa shape index (κ3) is 8.81. The third-order valence-corrected chi connectivity index (χ3v) is 4.74.